The van der Waals surface area contributed by atoms with Gasteiger partial charge in [0.25, 0.3) is 11.8 Å². The molecule has 0 saturated carbocycles. The molecule has 0 spiro atoms. The van der Waals surface area contributed by atoms with Crippen LogP contribution in [-0.4, -0.2) is 11.8 Å². The van der Waals surface area contributed by atoms with Gasteiger partial charge in [0.15, 0.2) is 0 Å². The number of aryl methyl sites for hydroxylation is 1. The largest absolute Gasteiger partial charge is 0.269 e. The Morgan fingerprint density at radius 1 is 0.900 bits per heavy atom. The summed E-state index contributed by atoms with van der Waals surface area (Å²) in [6, 6.07) is 14.2. The smallest absolute Gasteiger partial charge is 0.267 e. The predicted molar refractivity (Wildman–Crippen MR) is 85.3 cm³/mol. The van der Waals surface area contributed by atoms with Crippen molar-refractivity contribution in [3.05, 3.63) is 68.8 Å². The van der Waals surface area contributed by atoms with E-state index in [1.807, 2.05) is 25.1 Å². The molecule has 0 unspecified atom stereocenters. The van der Waals surface area contributed by atoms with E-state index in [-0.39, 0.29) is 11.8 Å². The molecular weight excluding hydrogens is 367 g/mol. The zero-order valence-corrected chi connectivity index (χ0v) is 13.0. The number of nitrogens with one attached hydrogen (secondary N) is 2. The van der Waals surface area contributed by atoms with Gasteiger partial charge >= 0.3 is 0 Å². The highest BCUT2D eigenvalue weighted by molar-refractivity contribution is 14.1. The number of carbonyl (C=O) groups is 2. The molecule has 5 heteroatoms. The highest BCUT2D eigenvalue weighted by atomic mass is 127. The van der Waals surface area contributed by atoms with Crippen LogP contribution in [0, 0.1) is 10.5 Å². The number of benzene rings is 2. The summed E-state index contributed by atoms with van der Waals surface area (Å²) in [4.78, 5) is 23.7. The van der Waals surface area contributed by atoms with Crippen molar-refractivity contribution >= 4 is 34.4 Å². The number of hydrogen-bond acceptors (Lipinski definition) is 2. The number of hydrazine groups is 1. The van der Waals surface area contributed by atoms with Crippen molar-refractivity contribution in [1.82, 2.24) is 10.9 Å². The van der Waals surface area contributed by atoms with Crippen LogP contribution in [0.4, 0.5) is 0 Å². The predicted octanol–water partition coefficient (Wildman–Crippen LogP) is 2.67. The maximum Gasteiger partial charge on any atom is 0.269 e. The lowest BCUT2D eigenvalue weighted by Crippen LogP contribution is -2.41. The lowest BCUT2D eigenvalue weighted by atomic mass is 10.1. The lowest BCUT2D eigenvalue weighted by molar-refractivity contribution is 0.0846. The second kappa shape index (κ2) is 6.51. The molecule has 2 aromatic rings. The second-order valence-corrected chi connectivity index (χ2v) is 5.53. The standard InChI is InChI=1S/C15H13IN2O2/c1-10-5-7-11(8-6-10)14(19)17-18-15(20)12-3-2-4-13(16)9-12/h2-9H,1H3,(H,17,19)(H,18,20). The first-order valence-corrected chi connectivity index (χ1v) is 7.07. The Morgan fingerprint density at radius 2 is 1.50 bits per heavy atom. The van der Waals surface area contributed by atoms with Gasteiger partial charge in [0.1, 0.15) is 0 Å². The molecule has 0 heterocycles. The van der Waals surface area contributed by atoms with E-state index >= 15 is 0 Å². The van der Waals surface area contributed by atoms with E-state index in [9.17, 15) is 9.59 Å². The molecule has 0 aliphatic heterocycles. The van der Waals surface area contributed by atoms with E-state index in [1.54, 1.807) is 30.3 Å². The van der Waals surface area contributed by atoms with Gasteiger partial charge in [0.05, 0.1) is 0 Å². The third-order valence-corrected chi connectivity index (χ3v) is 3.36. The SMILES string of the molecule is Cc1ccc(C(=O)NNC(=O)c2cccc(I)c2)cc1. The van der Waals surface area contributed by atoms with Crippen molar-refractivity contribution in [3.8, 4) is 0 Å². The van der Waals surface area contributed by atoms with E-state index in [0.717, 1.165) is 9.13 Å². The molecule has 0 saturated heterocycles. The summed E-state index contributed by atoms with van der Waals surface area (Å²) in [6.07, 6.45) is 0. The van der Waals surface area contributed by atoms with E-state index in [4.69, 9.17) is 0 Å². The molecule has 2 N–H and O–H groups in total. The molecule has 0 fully saturated rings. The van der Waals surface area contributed by atoms with Crippen LogP contribution in [0.5, 0.6) is 0 Å². The number of amides is 2. The third-order valence-electron chi connectivity index (χ3n) is 2.69. The Morgan fingerprint density at radius 3 is 2.10 bits per heavy atom. The Kier molecular flexibility index (Phi) is 4.73. The molecule has 0 atom stereocenters. The lowest BCUT2D eigenvalue weighted by Gasteiger charge is -2.07. The summed E-state index contributed by atoms with van der Waals surface area (Å²) >= 11 is 2.13. The van der Waals surface area contributed by atoms with E-state index in [2.05, 4.69) is 33.4 Å². The Labute approximate surface area is 130 Å². The summed E-state index contributed by atoms with van der Waals surface area (Å²) in [5.41, 5.74) is 6.87. The number of halogens is 1. The van der Waals surface area contributed by atoms with Crippen molar-refractivity contribution < 1.29 is 9.59 Å². The number of carbonyl (C=O) groups excluding carboxylic acids is 2. The summed E-state index contributed by atoms with van der Waals surface area (Å²) in [6.45, 7) is 1.94. The van der Waals surface area contributed by atoms with Gasteiger partial charge in [0, 0.05) is 14.7 Å². The molecule has 20 heavy (non-hydrogen) atoms. The molecule has 0 aliphatic rings. The number of rotatable bonds is 2. The molecule has 2 rings (SSSR count). The molecule has 2 amide bonds. The average molecular weight is 380 g/mol. The minimum Gasteiger partial charge on any atom is -0.267 e. The minimum absolute atomic E-state index is 0.344. The molecule has 0 radical (unpaired) electrons. The normalized spacial score (nSPS) is 9.90. The summed E-state index contributed by atoms with van der Waals surface area (Å²) in [7, 11) is 0. The molecule has 102 valence electrons. The first kappa shape index (κ1) is 14.5. The topological polar surface area (TPSA) is 58.2 Å². The van der Waals surface area contributed by atoms with Crippen molar-refractivity contribution in [3.63, 3.8) is 0 Å². The zero-order chi connectivity index (χ0) is 14.5. The summed E-state index contributed by atoms with van der Waals surface area (Å²) < 4.78 is 0.958. The highest BCUT2D eigenvalue weighted by Crippen LogP contribution is 2.07. The summed E-state index contributed by atoms with van der Waals surface area (Å²) in [5.74, 6) is -0.687. The van der Waals surface area contributed by atoms with Gasteiger partial charge in [-0.05, 0) is 59.8 Å². The fourth-order valence-electron chi connectivity index (χ4n) is 1.59. The van der Waals surface area contributed by atoms with Gasteiger partial charge in [-0.2, -0.15) is 0 Å². The molecule has 0 bridgehead atoms. The Hall–Kier alpha value is -1.89. The maximum atomic E-state index is 11.9. The van der Waals surface area contributed by atoms with E-state index < -0.39 is 0 Å². The van der Waals surface area contributed by atoms with Crippen LogP contribution in [-0.2, 0) is 0 Å². The first-order valence-electron chi connectivity index (χ1n) is 5.99. The van der Waals surface area contributed by atoms with Crippen LogP contribution in [0.25, 0.3) is 0 Å². The van der Waals surface area contributed by atoms with Gasteiger partial charge < -0.3 is 0 Å². The van der Waals surface area contributed by atoms with Crippen LogP contribution < -0.4 is 10.9 Å². The first-order chi connectivity index (χ1) is 9.56. The van der Waals surface area contributed by atoms with Gasteiger partial charge in [0.2, 0.25) is 0 Å². The van der Waals surface area contributed by atoms with Crippen LogP contribution in [0.3, 0.4) is 0 Å². The van der Waals surface area contributed by atoms with Crippen molar-refractivity contribution in [2.24, 2.45) is 0 Å². The fourth-order valence-corrected chi connectivity index (χ4v) is 2.14. The van der Waals surface area contributed by atoms with Gasteiger partial charge in [-0.1, -0.05) is 23.8 Å². The van der Waals surface area contributed by atoms with Gasteiger partial charge in [-0.25, -0.2) is 0 Å². The van der Waals surface area contributed by atoms with Crippen molar-refractivity contribution in [2.75, 3.05) is 0 Å². The highest BCUT2D eigenvalue weighted by Gasteiger charge is 2.08. The van der Waals surface area contributed by atoms with Crippen molar-refractivity contribution in [1.29, 1.82) is 0 Å². The Bertz CT molecular complexity index is 639. The quantitative estimate of drug-likeness (QED) is 0.622. The Balaban J connectivity index is 1.96. The second-order valence-electron chi connectivity index (χ2n) is 4.28. The maximum absolute atomic E-state index is 11.9. The van der Waals surface area contributed by atoms with E-state index in [0.29, 0.717) is 11.1 Å². The van der Waals surface area contributed by atoms with Crippen LogP contribution in [0.15, 0.2) is 48.5 Å². The molecule has 0 aromatic heterocycles. The fraction of sp³-hybridized carbons (Fsp3) is 0.0667. The monoisotopic (exact) mass is 380 g/mol. The van der Waals surface area contributed by atoms with Crippen LogP contribution in [0.2, 0.25) is 0 Å². The van der Waals surface area contributed by atoms with Gasteiger partial charge in [-0.3, -0.25) is 20.4 Å². The van der Waals surface area contributed by atoms with Crippen LogP contribution in [0.1, 0.15) is 26.3 Å². The van der Waals surface area contributed by atoms with Crippen molar-refractivity contribution in [2.45, 2.75) is 6.92 Å². The molecular formula is C15H13IN2O2. The molecule has 2 aromatic carbocycles. The van der Waals surface area contributed by atoms with E-state index in [1.165, 1.54) is 0 Å². The van der Waals surface area contributed by atoms with Crippen LogP contribution >= 0.6 is 22.6 Å². The summed E-state index contributed by atoms with van der Waals surface area (Å²) in [5, 5.41) is 0. The third kappa shape index (κ3) is 3.80. The minimum atomic E-state index is -0.344. The van der Waals surface area contributed by atoms with Gasteiger partial charge in [-0.15, -0.1) is 0 Å². The number of hydrogen-bond donors (Lipinski definition) is 2. The zero-order valence-electron chi connectivity index (χ0n) is 10.8. The molecule has 4 nitrogen and oxygen atoms in total. The average Bonchev–Trinajstić information content (AvgIpc) is 2.45. The molecule has 0 aliphatic carbocycles.